The van der Waals surface area contributed by atoms with Crippen molar-refractivity contribution in [1.29, 1.82) is 0 Å². The molecule has 22 heavy (non-hydrogen) atoms. The zero-order valence-corrected chi connectivity index (χ0v) is 13.4. The van der Waals surface area contributed by atoms with Crippen LogP contribution in [0.5, 0.6) is 0 Å². The summed E-state index contributed by atoms with van der Waals surface area (Å²) in [5.41, 5.74) is 2.47. The molecule has 0 N–H and O–H groups in total. The molecule has 0 unspecified atom stereocenters. The maximum absolute atomic E-state index is 13.0. The second kappa shape index (κ2) is 5.47. The predicted octanol–water partition coefficient (Wildman–Crippen LogP) is 2.80. The van der Waals surface area contributed by atoms with E-state index < -0.39 is 0 Å². The van der Waals surface area contributed by atoms with Crippen molar-refractivity contribution < 1.29 is 4.79 Å². The minimum Gasteiger partial charge on any atom is -0.335 e. The summed E-state index contributed by atoms with van der Waals surface area (Å²) in [5.74, 6) is 0.285. The van der Waals surface area contributed by atoms with E-state index in [4.69, 9.17) is 0 Å². The van der Waals surface area contributed by atoms with Gasteiger partial charge in [0.25, 0.3) is 0 Å². The van der Waals surface area contributed by atoms with Crippen LogP contribution in [0.25, 0.3) is 0 Å². The van der Waals surface area contributed by atoms with Crippen molar-refractivity contribution in [1.82, 2.24) is 14.7 Å². The molecule has 1 saturated heterocycles. The Balaban J connectivity index is 1.53. The maximum Gasteiger partial charge on any atom is 0.236 e. The van der Waals surface area contributed by atoms with E-state index in [-0.39, 0.29) is 17.2 Å². The molecule has 1 aromatic heterocycles. The molecule has 2 aromatic rings. The topological polar surface area (TPSA) is 38.1 Å². The predicted molar refractivity (Wildman–Crippen MR) is 86.7 cm³/mol. The van der Waals surface area contributed by atoms with Gasteiger partial charge in [0, 0.05) is 30.2 Å². The summed E-state index contributed by atoms with van der Waals surface area (Å²) in [6.45, 7) is 0.867. The van der Waals surface area contributed by atoms with Crippen molar-refractivity contribution in [2.24, 2.45) is 7.05 Å². The molecule has 3 heterocycles. The summed E-state index contributed by atoms with van der Waals surface area (Å²) in [6, 6.07) is 8.56. The summed E-state index contributed by atoms with van der Waals surface area (Å²) < 4.78 is 1.82. The van der Waals surface area contributed by atoms with Crippen LogP contribution in [0, 0.1) is 0 Å². The number of carbonyl (C=O) groups excluding carboxylic acids is 1. The van der Waals surface area contributed by atoms with Crippen LogP contribution in [0.3, 0.4) is 0 Å². The normalized spacial score (nSPS) is 23.8. The third-order valence-corrected chi connectivity index (χ3v) is 5.87. The summed E-state index contributed by atoms with van der Waals surface area (Å²) in [5, 5.41) is 4.30. The first-order valence-corrected chi connectivity index (χ1v) is 8.64. The first-order chi connectivity index (χ1) is 10.7. The van der Waals surface area contributed by atoms with Crippen molar-refractivity contribution in [3.63, 3.8) is 0 Å². The summed E-state index contributed by atoms with van der Waals surface area (Å²) >= 11 is 1.72. The van der Waals surface area contributed by atoms with Crippen LogP contribution in [0.1, 0.15) is 30.0 Å². The molecule has 0 bridgehead atoms. The molecule has 2 aliphatic heterocycles. The number of rotatable bonds is 2. The first kappa shape index (κ1) is 13.9. The fraction of sp³-hybridized carbons (Fsp3) is 0.412. The van der Waals surface area contributed by atoms with Crippen molar-refractivity contribution in [3.8, 4) is 0 Å². The van der Waals surface area contributed by atoms with Gasteiger partial charge in [-0.2, -0.15) is 5.10 Å². The standard InChI is InChI=1S/C17H19N3OS/c1-19-11-13(10-18-19)14-6-4-8-20(14)17(21)16-9-12-5-2-3-7-15(12)22-16/h2-3,5,7,10-11,14,16H,4,6,8-9H2,1H3/t14-,16+/m0/s1. The Morgan fingerprint density at radius 3 is 3.00 bits per heavy atom. The van der Waals surface area contributed by atoms with Crippen LogP contribution >= 0.6 is 11.8 Å². The van der Waals surface area contributed by atoms with Gasteiger partial charge < -0.3 is 4.90 Å². The van der Waals surface area contributed by atoms with Gasteiger partial charge in [0.1, 0.15) is 0 Å². The van der Waals surface area contributed by atoms with E-state index in [0.29, 0.717) is 0 Å². The molecule has 0 radical (unpaired) electrons. The Bertz CT molecular complexity index is 686. The van der Waals surface area contributed by atoms with E-state index in [9.17, 15) is 4.79 Å². The van der Waals surface area contributed by atoms with E-state index >= 15 is 0 Å². The number of benzene rings is 1. The lowest BCUT2D eigenvalue weighted by molar-refractivity contribution is -0.131. The second-order valence-electron chi connectivity index (χ2n) is 6.06. The quantitative estimate of drug-likeness (QED) is 0.856. The third-order valence-electron chi connectivity index (χ3n) is 4.57. The number of aryl methyl sites for hydroxylation is 1. The SMILES string of the molecule is Cn1cc([C@@H]2CCCN2C(=O)[C@H]2Cc3ccccc3S2)cn1. The lowest BCUT2D eigenvalue weighted by Gasteiger charge is -2.26. The van der Waals surface area contributed by atoms with Gasteiger partial charge in [-0.3, -0.25) is 9.48 Å². The summed E-state index contributed by atoms with van der Waals surface area (Å²) in [7, 11) is 1.92. The zero-order chi connectivity index (χ0) is 15.1. The highest BCUT2D eigenvalue weighted by Gasteiger charge is 2.37. The largest absolute Gasteiger partial charge is 0.335 e. The molecule has 1 amide bonds. The van der Waals surface area contributed by atoms with E-state index in [1.165, 1.54) is 10.5 Å². The first-order valence-electron chi connectivity index (χ1n) is 7.76. The van der Waals surface area contributed by atoms with Crippen molar-refractivity contribution in [2.45, 2.75) is 35.4 Å². The Kier molecular flexibility index (Phi) is 3.45. The zero-order valence-electron chi connectivity index (χ0n) is 12.6. The highest BCUT2D eigenvalue weighted by molar-refractivity contribution is 8.01. The number of aromatic nitrogens is 2. The fourth-order valence-electron chi connectivity index (χ4n) is 3.49. The molecule has 2 atom stereocenters. The number of amides is 1. The van der Waals surface area contributed by atoms with Crippen LogP contribution in [0.2, 0.25) is 0 Å². The molecule has 4 nitrogen and oxygen atoms in total. The van der Waals surface area contributed by atoms with Crippen molar-refractivity contribution >= 4 is 17.7 Å². The van der Waals surface area contributed by atoms with Crippen LogP contribution in [0.4, 0.5) is 0 Å². The molecule has 0 spiro atoms. The lowest BCUT2D eigenvalue weighted by atomic mass is 10.1. The van der Waals surface area contributed by atoms with Crippen LogP contribution in [-0.2, 0) is 18.3 Å². The number of fused-ring (bicyclic) bond motifs is 1. The minimum absolute atomic E-state index is 0.0367. The van der Waals surface area contributed by atoms with Crippen molar-refractivity contribution in [2.75, 3.05) is 6.54 Å². The number of nitrogens with zero attached hydrogens (tertiary/aromatic N) is 3. The van der Waals surface area contributed by atoms with Gasteiger partial charge in [0.15, 0.2) is 0 Å². The molecular formula is C17H19N3OS. The van der Waals surface area contributed by atoms with Crippen LogP contribution in [0.15, 0.2) is 41.6 Å². The average molecular weight is 313 g/mol. The van der Waals surface area contributed by atoms with E-state index in [2.05, 4.69) is 28.2 Å². The Labute approximate surface area is 134 Å². The minimum atomic E-state index is 0.0367. The summed E-state index contributed by atoms with van der Waals surface area (Å²) in [6.07, 6.45) is 6.91. The fourth-order valence-corrected chi connectivity index (χ4v) is 4.76. The maximum atomic E-state index is 13.0. The van der Waals surface area contributed by atoms with Gasteiger partial charge in [-0.1, -0.05) is 18.2 Å². The Morgan fingerprint density at radius 2 is 2.23 bits per heavy atom. The monoisotopic (exact) mass is 313 g/mol. The number of likely N-dealkylation sites (tertiary alicyclic amines) is 1. The van der Waals surface area contributed by atoms with Gasteiger partial charge in [0.2, 0.25) is 5.91 Å². The molecule has 1 fully saturated rings. The van der Waals surface area contributed by atoms with Gasteiger partial charge in [0.05, 0.1) is 17.5 Å². The van der Waals surface area contributed by atoms with Gasteiger partial charge >= 0.3 is 0 Å². The molecule has 4 rings (SSSR count). The number of carbonyl (C=O) groups is 1. The highest BCUT2D eigenvalue weighted by Crippen LogP contribution is 2.40. The molecule has 2 aliphatic rings. The number of hydrogen-bond acceptors (Lipinski definition) is 3. The lowest BCUT2D eigenvalue weighted by Crippen LogP contribution is -2.37. The third kappa shape index (κ3) is 2.33. The van der Waals surface area contributed by atoms with Gasteiger partial charge in [-0.05, 0) is 30.9 Å². The highest BCUT2D eigenvalue weighted by atomic mass is 32.2. The van der Waals surface area contributed by atoms with Crippen molar-refractivity contribution in [3.05, 3.63) is 47.8 Å². The molecule has 0 aliphatic carbocycles. The second-order valence-corrected chi connectivity index (χ2v) is 7.30. The van der Waals surface area contributed by atoms with Gasteiger partial charge in [-0.15, -0.1) is 11.8 Å². The van der Waals surface area contributed by atoms with E-state index in [0.717, 1.165) is 31.4 Å². The van der Waals surface area contributed by atoms with E-state index in [1.54, 1.807) is 11.8 Å². The molecule has 5 heteroatoms. The molecule has 114 valence electrons. The molecular weight excluding hydrogens is 294 g/mol. The molecule has 0 saturated carbocycles. The van der Waals surface area contributed by atoms with Crippen LogP contribution in [-0.4, -0.2) is 32.4 Å². The Hall–Kier alpha value is -1.75. The summed E-state index contributed by atoms with van der Waals surface area (Å²) in [4.78, 5) is 16.3. The van der Waals surface area contributed by atoms with Crippen LogP contribution < -0.4 is 0 Å². The number of hydrogen-bond donors (Lipinski definition) is 0. The van der Waals surface area contributed by atoms with Gasteiger partial charge in [-0.25, -0.2) is 0 Å². The smallest absolute Gasteiger partial charge is 0.236 e. The molecule has 1 aromatic carbocycles. The van der Waals surface area contributed by atoms with E-state index in [1.807, 2.05) is 30.2 Å². The average Bonchev–Trinajstić information content (AvgIpc) is 3.24. The number of thioether (sulfide) groups is 1. The Morgan fingerprint density at radius 1 is 1.36 bits per heavy atom.